The zero-order chi connectivity index (χ0) is 12.1. The number of likely N-dealkylation sites (N-methyl/N-ethyl adjacent to an activating group) is 1. The fourth-order valence-electron chi connectivity index (χ4n) is 1.10. The Labute approximate surface area is 90.6 Å². The highest BCUT2D eigenvalue weighted by Crippen LogP contribution is 2.20. The molecule has 0 aliphatic carbocycles. The molecule has 0 spiro atoms. The van der Waals surface area contributed by atoms with E-state index in [0.717, 1.165) is 12.1 Å². The fourth-order valence-corrected chi connectivity index (χ4v) is 1.10. The molecule has 2 N–H and O–H groups in total. The second kappa shape index (κ2) is 5.17. The van der Waals surface area contributed by atoms with E-state index in [9.17, 15) is 19.3 Å². The number of benzene rings is 1. The second-order valence-electron chi connectivity index (χ2n) is 3.00. The number of anilines is 1. The van der Waals surface area contributed by atoms with E-state index >= 15 is 0 Å². The van der Waals surface area contributed by atoms with Crippen molar-refractivity contribution < 1.29 is 14.1 Å². The fraction of sp³-hybridized carbons (Fsp3) is 0.222. The maximum absolute atomic E-state index is 13.1. The first-order valence-electron chi connectivity index (χ1n) is 4.43. The molecule has 0 bridgehead atoms. The molecule has 1 aromatic carbocycles. The number of halogens is 1. The number of amides is 1. The average molecular weight is 227 g/mol. The quantitative estimate of drug-likeness (QED) is 0.591. The Bertz CT molecular complexity index is 422. The third-order valence-electron chi connectivity index (χ3n) is 1.77. The Kier molecular flexibility index (Phi) is 3.90. The SMILES string of the molecule is CNCC(=O)Nc1ccc([N+](=O)[O-])c(F)c1. The van der Waals surface area contributed by atoms with Gasteiger partial charge in [0.2, 0.25) is 11.7 Å². The third kappa shape index (κ3) is 2.99. The second-order valence-corrected chi connectivity index (χ2v) is 3.00. The molecule has 0 aliphatic rings. The minimum Gasteiger partial charge on any atom is -0.325 e. The van der Waals surface area contributed by atoms with Gasteiger partial charge in [0.05, 0.1) is 11.5 Å². The van der Waals surface area contributed by atoms with Gasteiger partial charge < -0.3 is 10.6 Å². The van der Waals surface area contributed by atoms with Crippen LogP contribution in [0.3, 0.4) is 0 Å². The first-order chi connectivity index (χ1) is 7.54. The van der Waals surface area contributed by atoms with Gasteiger partial charge >= 0.3 is 5.69 Å². The van der Waals surface area contributed by atoms with Crippen LogP contribution in [0.2, 0.25) is 0 Å². The molecule has 0 unspecified atom stereocenters. The molecule has 0 heterocycles. The summed E-state index contributed by atoms with van der Waals surface area (Å²) < 4.78 is 13.1. The summed E-state index contributed by atoms with van der Waals surface area (Å²) in [6, 6.07) is 3.19. The zero-order valence-electron chi connectivity index (χ0n) is 8.49. The highest BCUT2D eigenvalue weighted by molar-refractivity contribution is 5.92. The summed E-state index contributed by atoms with van der Waals surface area (Å²) in [5.41, 5.74) is -0.435. The summed E-state index contributed by atoms with van der Waals surface area (Å²) in [7, 11) is 1.59. The number of hydrogen-bond donors (Lipinski definition) is 2. The smallest absolute Gasteiger partial charge is 0.304 e. The van der Waals surface area contributed by atoms with E-state index in [0.29, 0.717) is 0 Å². The van der Waals surface area contributed by atoms with Crippen LogP contribution < -0.4 is 10.6 Å². The monoisotopic (exact) mass is 227 g/mol. The van der Waals surface area contributed by atoms with Crippen LogP contribution in [0.4, 0.5) is 15.8 Å². The van der Waals surface area contributed by atoms with Crippen molar-refractivity contribution in [2.45, 2.75) is 0 Å². The van der Waals surface area contributed by atoms with Gasteiger partial charge in [0.25, 0.3) is 0 Å². The molecule has 0 radical (unpaired) electrons. The number of nitrogens with one attached hydrogen (secondary N) is 2. The van der Waals surface area contributed by atoms with E-state index in [1.807, 2.05) is 0 Å². The summed E-state index contributed by atoms with van der Waals surface area (Å²) in [6.07, 6.45) is 0. The first-order valence-corrected chi connectivity index (χ1v) is 4.43. The minimum absolute atomic E-state index is 0.0820. The van der Waals surface area contributed by atoms with Gasteiger partial charge in [0.1, 0.15) is 0 Å². The van der Waals surface area contributed by atoms with Crippen molar-refractivity contribution in [2.75, 3.05) is 18.9 Å². The lowest BCUT2D eigenvalue weighted by Gasteiger charge is -2.04. The Balaban J connectivity index is 2.81. The lowest BCUT2D eigenvalue weighted by atomic mass is 10.2. The van der Waals surface area contributed by atoms with E-state index in [4.69, 9.17) is 0 Å². The maximum atomic E-state index is 13.1. The van der Waals surface area contributed by atoms with E-state index in [1.54, 1.807) is 7.05 Å². The molecule has 0 aliphatic heterocycles. The predicted octanol–water partition coefficient (Wildman–Crippen LogP) is 0.892. The van der Waals surface area contributed by atoms with E-state index in [-0.39, 0.29) is 18.1 Å². The maximum Gasteiger partial charge on any atom is 0.304 e. The lowest BCUT2D eigenvalue weighted by Crippen LogP contribution is -2.25. The summed E-state index contributed by atoms with van der Waals surface area (Å²) >= 11 is 0. The largest absolute Gasteiger partial charge is 0.325 e. The summed E-state index contributed by atoms with van der Waals surface area (Å²) in [5.74, 6) is -1.33. The number of carbonyl (C=O) groups is 1. The van der Waals surface area contributed by atoms with Gasteiger partial charge in [-0.25, -0.2) is 0 Å². The van der Waals surface area contributed by atoms with Gasteiger partial charge in [-0.15, -0.1) is 0 Å². The summed E-state index contributed by atoms with van der Waals surface area (Å²) in [5, 5.41) is 15.3. The molecule has 1 aromatic rings. The Morgan fingerprint density at radius 2 is 2.25 bits per heavy atom. The summed E-state index contributed by atoms with van der Waals surface area (Å²) in [4.78, 5) is 20.6. The van der Waals surface area contributed by atoms with Crippen LogP contribution in [0, 0.1) is 15.9 Å². The number of nitrogens with zero attached hydrogens (tertiary/aromatic N) is 1. The predicted molar refractivity (Wildman–Crippen MR) is 55.6 cm³/mol. The van der Waals surface area contributed by atoms with Crippen LogP contribution in [0.25, 0.3) is 0 Å². The van der Waals surface area contributed by atoms with Crippen molar-refractivity contribution in [3.8, 4) is 0 Å². The van der Waals surface area contributed by atoms with Crippen molar-refractivity contribution in [3.63, 3.8) is 0 Å². The van der Waals surface area contributed by atoms with E-state index in [2.05, 4.69) is 10.6 Å². The van der Waals surface area contributed by atoms with Crippen molar-refractivity contribution in [1.29, 1.82) is 0 Å². The van der Waals surface area contributed by atoms with Crippen LogP contribution in [0.1, 0.15) is 0 Å². The molecule has 0 saturated heterocycles. The Morgan fingerprint density at radius 1 is 1.56 bits per heavy atom. The third-order valence-corrected chi connectivity index (χ3v) is 1.77. The van der Waals surface area contributed by atoms with Crippen molar-refractivity contribution in [2.24, 2.45) is 0 Å². The number of hydrogen-bond acceptors (Lipinski definition) is 4. The molecule has 0 fully saturated rings. The molecular weight excluding hydrogens is 217 g/mol. The van der Waals surface area contributed by atoms with Crippen LogP contribution >= 0.6 is 0 Å². The molecule has 86 valence electrons. The minimum atomic E-state index is -0.979. The van der Waals surface area contributed by atoms with Gasteiger partial charge in [-0.1, -0.05) is 0 Å². The zero-order valence-corrected chi connectivity index (χ0v) is 8.49. The van der Waals surface area contributed by atoms with Crippen molar-refractivity contribution in [3.05, 3.63) is 34.1 Å². The average Bonchev–Trinajstić information content (AvgIpc) is 2.17. The Morgan fingerprint density at radius 3 is 2.75 bits per heavy atom. The molecule has 0 aromatic heterocycles. The van der Waals surface area contributed by atoms with Gasteiger partial charge in [-0.3, -0.25) is 14.9 Å². The Hall–Kier alpha value is -2.02. The van der Waals surface area contributed by atoms with Crippen molar-refractivity contribution in [1.82, 2.24) is 5.32 Å². The van der Waals surface area contributed by atoms with E-state index < -0.39 is 16.4 Å². The number of carbonyl (C=O) groups excluding carboxylic acids is 1. The molecule has 0 atom stereocenters. The normalized spacial score (nSPS) is 9.88. The molecule has 6 nitrogen and oxygen atoms in total. The molecular formula is C9H10FN3O3. The van der Waals surface area contributed by atoms with Crippen LogP contribution in [-0.4, -0.2) is 24.4 Å². The molecule has 0 saturated carbocycles. The number of nitro benzene ring substituents is 1. The highest BCUT2D eigenvalue weighted by Gasteiger charge is 2.14. The molecule has 1 amide bonds. The molecule has 16 heavy (non-hydrogen) atoms. The molecule has 7 heteroatoms. The van der Waals surface area contributed by atoms with Crippen LogP contribution in [0.15, 0.2) is 18.2 Å². The van der Waals surface area contributed by atoms with E-state index in [1.165, 1.54) is 6.07 Å². The van der Waals surface area contributed by atoms with Gasteiger partial charge in [0.15, 0.2) is 0 Å². The standard InChI is InChI=1S/C9H10FN3O3/c1-11-5-9(14)12-6-2-3-8(13(15)16)7(10)4-6/h2-4,11H,5H2,1H3,(H,12,14). The van der Waals surface area contributed by atoms with Crippen LogP contribution in [0.5, 0.6) is 0 Å². The van der Waals surface area contributed by atoms with Crippen molar-refractivity contribution >= 4 is 17.3 Å². The van der Waals surface area contributed by atoms with Gasteiger partial charge in [-0.05, 0) is 13.1 Å². The molecule has 1 rings (SSSR count). The highest BCUT2D eigenvalue weighted by atomic mass is 19.1. The van der Waals surface area contributed by atoms with Crippen LogP contribution in [-0.2, 0) is 4.79 Å². The first kappa shape index (κ1) is 12.1. The summed E-state index contributed by atoms with van der Waals surface area (Å²) in [6.45, 7) is 0.0820. The lowest BCUT2D eigenvalue weighted by molar-refractivity contribution is -0.387. The van der Waals surface area contributed by atoms with Gasteiger partial charge in [0, 0.05) is 17.8 Å². The van der Waals surface area contributed by atoms with Gasteiger partial charge in [-0.2, -0.15) is 4.39 Å². The number of nitro groups is 1. The number of rotatable bonds is 4. The topological polar surface area (TPSA) is 84.3 Å².